The average Bonchev–Trinajstić information content (AvgIpc) is 2.43. The molecule has 19 heavy (non-hydrogen) atoms. The van der Waals surface area contributed by atoms with Gasteiger partial charge in [0.25, 0.3) is 5.56 Å². The fraction of sp³-hybridized carbons (Fsp3) is 0.385. The van der Waals surface area contributed by atoms with Crippen molar-refractivity contribution >= 4 is 16.7 Å². The molecule has 1 N–H and O–H groups in total. The zero-order valence-electron chi connectivity index (χ0n) is 10.3. The van der Waals surface area contributed by atoms with Crippen molar-refractivity contribution in [3.05, 3.63) is 34.7 Å². The van der Waals surface area contributed by atoms with E-state index in [9.17, 15) is 14.4 Å². The lowest BCUT2D eigenvalue weighted by atomic mass is 10.1. The molecule has 0 spiro atoms. The molecular weight excluding hydrogens is 249 g/mol. The first-order valence-corrected chi connectivity index (χ1v) is 6.26. The summed E-state index contributed by atoms with van der Waals surface area (Å²) in [7, 11) is 0. The van der Waals surface area contributed by atoms with Gasteiger partial charge in [-0.25, -0.2) is 9.37 Å². The summed E-state index contributed by atoms with van der Waals surface area (Å²) in [5, 5.41) is 10.3. The van der Waals surface area contributed by atoms with Crippen LogP contribution in [-0.4, -0.2) is 34.2 Å². The Bertz CT molecular complexity index is 670. The van der Waals surface area contributed by atoms with Gasteiger partial charge in [-0.3, -0.25) is 4.79 Å². The second kappa shape index (κ2) is 4.53. The molecule has 1 unspecified atom stereocenters. The first-order chi connectivity index (χ1) is 9.16. The van der Waals surface area contributed by atoms with E-state index in [0.717, 1.165) is 6.42 Å². The van der Waals surface area contributed by atoms with Crippen LogP contribution in [0.1, 0.15) is 12.8 Å². The Labute approximate surface area is 108 Å². The van der Waals surface area contributed by atoms with Crippen molar-refractivity contribution < 1.29 is 9.60 Å². The number of pyridine rings is 2. The zero-order chi connectivity index (χ0) is 13.4. The molecule has 3 heterocycles. The highest BCUT2D eigenvalue weighted by Crippen LogP contribution is 2.26. The first kappa shape index (κ1) is 12.0. The highest BCUT2D eigenvalue weighted by molar-refractivity contribution is 5.89. The normalized spacial score (nSPS) is 19.8. The van der Waals surface area contributed by atoms with E-state index >= 15 is 0 Å². The standard InChI is InChI=1S/C13H14FN3O2/c14-9-3-2-6-16(8-9)11-7-12(18)17(19)13-10(11)4-1-5-15-13/h1,4-5,7,9,19H,2-3,6,8H2. The summed E-state index contributed by atoms with van der Waals surface area (Å²) in [5.74, 6) is 0. The predicted octanol–water partition coefficient (Wildman–Crippen LogP) is 1.57. The number of fused-ring (bicyclic) bond motifs is 1. The van der Waals surface area contributed by atoms with Crippen LogP contribution in [0.4, 0.5) is 10.1 Å². The fourth-order valence-electron chi connectivity index (χ4n) is 2.53. The third-order valence-electron chi connectivity index (χ3n) is 3.44. The quantitative estimate of drug-likeness (QED) is 0.793. The van der Waals surface area contributed by atoms with Gasteiger partial charge in [0.05, 0.1) is 5.69 Å². The molecular formula is C13H14FN3O2. The summed E-state index contributed by atoms with van der Waals surface area (Å²) < 4.78 is 14.0. The Morgan fingerprint density at radius 2 is 2.32 bits per heavy atom. The van der Waals surface area contributed by atoms with Crippen molar-refractivity contribution in [1.82, 2.24) is 9.71 Å². The van der Waals surface area contributed by atoms with Gasteiger partial charge in [0, 0.05) is 30.7 Å². The van der Waals surface area contributed by atoms with Crippen molar-refractivity contribution in [3.8, 4) is 0 Å². The second-order valence-corrected chi connectivity index (χ2v) is 4.74. The number of rotatable bonds is 1. The number of hydrogen-bond donors (Lipinski definition) is 1. The van der Waals surface area contributed by atoms with Crippen LogP contribution in [0.15, 0.2) is 29.2 Å². The molecule has 0 aromatic carbocycles. The van der Waals surface area contributed by atoms with Crippen LogP contribution in [0.3, 0.4) is 0 Å². The minimum atomic E-state index is -0.878. The highest BCUT2D eigenvalue weighted by atomic mass is 19.1. The Hall–Kier alpha value is -2.11. The Kier molecular flexibility index (Phi) is 2.85. The number of aromatic nitrogens is 2. The van der Waals surface area contributed by atoms with Crippen molar-refractivity contribution in [3.63, 3.8) is 0 Å². The molecule has 5 nitrogen and oxygen atoms in total. The van der Waals surface area contributed by atoms with Crippen molar-refractivity contribution in [2.45, 2.75) is 19.0 Å². The molecule has 2 aromatic rings. The number of nitrogens with zero attached hydrogens (tertiary/aromatic N) is 3. The lowest BCUT2D eigenvalue weighted by molar-refractivity contribution is 0.186. The van der Waals surface area contributed by atoms with Crippen LogP contribution in [0.2, 0.25) is 0 Å². The average molecular weight is 263 g/mol. The molecule has 0 bridgehead atoms. The van der Waals surface area contributed by atoms with E-state index in [2.05, 4.69) is 4.98 Å². The van der Waals surface area contributed by atoms with Gasteiger partial charge in [-0.15, -0.1) is 4.73 Å². The Morgan fingerprint density at radius 1 is 1.47 bits per heavy atom. The molecule has 0 aliphatic carbocycles. The molecule has 0 saturated carbocycles. The number of halogens is 1. The first-order valence-electron chi connectivity index (χ1n) is 6.26. The van der Waals surface area contributed by atoms with Crippen LogP contribution in [0.5, 0.6) is 0 Å². The van der Waals surface area contributed by atoms with Crippen molar-refractivity contribution in [1.29, 1.82) is 0 Å². The number of hydrogen-bond acceptors (Lipinski definition) is 4. The van der Waals surface area contributed by atoms with Crippen molar-refractivity contribution in [2.75, 3.05) is 18.0 Å². The van der Waals surface area contributed by atoms with Crippen LogP contribution >= 0.6 is 0 Å². The molecule has 0 amide bonds. The fourth-order valence-corrected chi connectivity index (χ4v) is 2.53. The zero-order valence-corrected chi connectivity index (χ0v) is 10.3. The number of anilines is 1. The predicted molar refractivity (Wildman–Crippen MR) is 69.5 cm³/mol. The summed E-state index contributed by atoms with van der Waals surface area (Å²) in [5.41, 5.74) is 0.286. The van der Waals surface area contributed by atoms with Gasteiger partial charge in [0.1, 0.15) is 6.17 Å². The maximum absolute atomic E-state index is 13.5. The maximum atomic E-state index is 13.5. The number of alkyl halides is 1. The van der Waals surface area contributed by atoms with Gasteiger partial charge in [-0.2, -0.15) is 0 Å². The van der Waals surface area contributed by atoms with Gasteiger partial charge in [-0.05, 0) is 25.0 Å². The molecule has 1 aliphatic heterocycles. The minimum Gasteiger partial charge on any atom is -0.423 e. The van der Waals surface area contributed by atoms with E-state index in [4.69, 9.17) is 0 Å². The van der Waals surface area contributed by atoms with Crippen LogP contribution in [0, 0.1) is 0 Å². The molecule has 2 aromatic heterocycles. The lowest BCUT2D eigenvalue weighted by Crippen LogP contribution is -2.37. The van der Waals surface area contributed by atoms with E-state index in [1.165, 1.54) is 12.3 Å². The monoisotopic (exact) mass is 263 g/mol. The molecule has 3 rings (SSSR count). The summed E-state index contributed by atoms with van der Waals surface area (Å²) in [4.78, 5) is 17.6. The van der Waals surface area contributed by atoms with E-state index in [1.807, 2.05) is 4.90 Å². The Balaban J connectivity index is 2.18. The second-order valence-electron chi connectivity index (χ2n) is 4.74. The molecule has 1 atom stereocenters. The maximum Gasteiger partial charge on any atom is 0.286 e. The highest BCUT2D eigenvalue weighted by Gasteiger charge is 2.22. The van der Waals surface area contributed by atoms with Gasteiger partial charge in [0.2, 0.25) is 0 Å². The molecule has 1 saturated heterocycles. The summed E-state index contributed by atoms with van der Waals surface area (Å²) in [6, 6.07) is 4.83. The lowest BCUT2D eigenvalue weighted by Gasteiger charge is -2.31. The Morgan fingerprint density at radius 3 is 3.11 bits per heavy atom. The molecule has 6 heteroatoms. The van der Waals surface area contributed by atoms with E-state index in [1.54, 1.807) is 12.1 Å². The van der Waals surface area contributed by atoms with Gasteiger partial charge >= 0.3 is 0 Å². The van der Waals surface area contributed by atoms with Gasteiger partial charge in [0.15, 0.2) is 5.65 Å². The molecule has 1 aliphatic rings. The molecule has 0 radical (unpaired) electrons. The van der Waals surface area contributed by atoms with E-state index in [-0.39, 0.29) is 12.2 Å². The molecule has 1 fully saturated rings. The smallest absolute Gasteiger partial charge is 0.286 e. The van der Waals surface area contributed by atoms with E-state index < -0.39 is 11.7 Å². The topological polar surface area (TPSA) is 58.4 Å². The van der Waals surface area contributed by atoms with Crippen LogP contribution in [0.25, 0.3) is 11.0 Å². The largest absolute Gasteiger partial charge is 0.423 e. The number of piperidine rings is 1. The summed E-state index contributed by atoms with van der Waals surface area (Å²) in [6.45, 7) is 0.984. The summed E-state index contributed by atoms with van der Waals surface area (Å²) in [6.07, 6.45) is 1.94. The van der Waals surface area contributed by atoms with Crippen LogP contribution < -0.4 is 10.5 Å². The van der Waals surface area contributed by atoms with Gasteiger partial charge in [-0.1, -0.05) is 0 Å². The third-order valence-corrected chi connectivity index (χ3v) is 3.44. The minimum absolute atomic E-state index is 0.200. The van der Waals surface area contributed by atoms with Crippen LogP contribution in [-0.2, 0) is 0 Å². The van der Waals surface area contributed by atoms with Crippen molar-refractivity contribution in [2.24, 2.45) is 0 Å². The third kappa shape index (κ3) is 2.03. The summed E-state index contributed by atoms with van der Waals surface area (Å²) >= 11 is 0. The molecule has 100 valence electrons. The van der Waals surface area contributed by atoms with E-state index in [0.29, 0.717) is 28.8 Å². The van der Waals surface area contributed by atoms with Gasteiger partial charge < -0.3 is 10.1 Å². The SMILES string of the molecule is O=c1cc(N2CCCC(F)C2)c2cccnc2n1O.